The summed E-state index contributed by atoms with van der Waals surface area (Å²) in [6.45, 7) is 15.2. The zero-order valence-electron chi connectivity index (χ0n) is 14.7. The van der Waals surface area contributed by atoms with E-state index in [2.05, 4.69) is 41.5 Å². The maximum absolute atomic E-state index is 11.1. The topological polar surface area (TPSA) is 35.5 Å². The monoisotopic (exact) mass is 312 g/mol. The highest BCUT2D eigenvalue weighted by molar-refractivity contribution is 6.77. The summed E-state index contributed by atoms with van der Waals surface area (Å²) in [5.74, 6) is 0.841. The van der Waals surface area contributed by atoms with E-state index in [0.717, 1.165) is 25.0 Å². The lowest BCUT2D eigenvalue weighted by molar-refractivity contribution is -0.144. The van der Waals surface area contributed by atoms with Gasteiger partial charge in [-0.2, -0.15) is 0 Å². The molecule has 0 fully saturated rings. The van der Waals surface area contributed by atoms with Crippen LogP contribution >= 0.6 is 0 Å². The van der Waals surface area contributed by atoms with Crippen molar-refractivity contribution in [2.24, 2.45) is 0 Å². The number of hydrogen-bond donors (Lipinski definition) is 0. The van der Waals surface area contributed by atoms with Crippen LogP contribution in [0.1, 0.15) is 67.7 Å². The van der Waals surface area contributed by atoms with E-state index in [9.17, 15) is 4.79 Å². The van der Waals surface area contributed by atoms with Crippen LogP contribution in [0.25, 0.3) is 0 Å². The van der Waals surface area contributed by atoms with E-state index in [-0.39, 0.29) is 12.1 Å². The van der Waals surface area contributed by atoms with Crippen molar-refractivity contribution in [3.05, 3.63) is 11.8 Å². The van der Waals surface area contributed by atoms with Gasteiger partial charge >= 0.3 is 5.97 Å². The lowest BCUT2D eigenvalue weighted by Crippen LogP contribution is -2.47. The molecule has 0 radical (unpaired) electrons. The van der Waals surface area contributed by atoms with Crippen LogP contribution in [0.2, 0.25) is 16.6 Å². The number of hydrogen-bond acceptors (Lipinski definition) is 3. The molecule has 1 atom stereocenters. The second-order valence-electron chi connectivity index (χ2n) is 7.09. The zero-order valence-corrected chi connectivity index (χ0v) is 15.7. The largest absolute Gasteiger partial charge is 0.546 e. The van der Waals surface area contributed by atoms with Gasteiger partial charge in [-0.3, -0.25) is 4.79 Å². The second kappa shape index (κ2) is 7.48. The molecule has 0 bridgehead atoms. The third-order valence-corrected chi connectivity index (χ3v) is 10.6. The molecule has 0 aromatic rings. The van der Waals surface area contributed by atoms with Crippen LogP contribution in [0, 0.1) is 0 Å². The molecule has 0 heterocycles. The Kier molecular flexibility index (Phi) is 6.51. The van der Waals surface area contributed by atoms with Crippen LogP contribution in [-0.4, -0.2) is 20.4 Å². The van der Waals surface area contributed by atoms with Crippen molar-refractivity contribution >= 4 is 14.3 Å². The summed E-state index contributed by atoms with van der Waals surface area (Å²) >= 11 is 0. The second-order valence-corrected chi connectivity index (χ2v) is 12.5. The molecule has 0 saturated heterocycles. The quantitative estimate of drug-likeness (QED) is 0.501. The number of carbonyl (C=O) groups excluding carboxylic acids is 1. The van der Waals surface area contributed by atoms with E-state index in [1.807, 2.05) is 6.08 Å². The molecule has 122 valence electrons. The maximum atomic E-state index is 11.1. The molecule has 0 spiro atoms. The van der Waals surface area contributed by atoms with Gasteiger partial charge in [0.25, 0.3) is 8.32 Å². The number of carbonyl (C=O) groups is 1. The fourth-order valence-electron chi connectivity index (χ4n) is 3.82. The van der Waals surface area contributed by atoms with Crippen LogP contribution in [0.3, 0.4) is 0 Å². The number of esters is 1. The normalized spacial score (nSPS) is 19.9. The molecule has 0 aromatic carbocycles. The molecule has 1 unspecified atom stereocenters. The van der Waals surface area contributed by atoms with E-state index in [4.69, 9.17) is 9.16 Å². The highest BCUT2D eigenvalue weighted by Gasteiger charge is 2.47. The summed E-state index contributed by atoms with van der Waals surface area (Å²) in [6, 6.07) is 0. The van der Waals surface area contributed by atoms with E-state index in [1.54, 1.807) is 0 Å². The molecule has 0 aliphatic heterocycles. The van der Waals surface area contributed by atoms with Gasteiger partial charge in [0.2, 0.25) is 0 Å². The Labute approximate surface area is 131 Å². The Hall–Kier alpha value is -0.773. The third-order valence-electron chi connectivity index (χ3n) is 4.62. The molecule has 0 amide bonds. The van der Waals surface area contributed by atoms with Gasteiger partial charge in [0.1, 0.15) is 6.10 Å². The van der Waals surface area contributed by atoms with E-state index in [0.29, 0.717) is 16.6 Å². The van der Waals surface area contributed by atoms with Gasteiger partial charge in [-0.25, -0.2) is 0 Å². The average molecular weight is 313 g/mol. The summed E-state index contributed by atoms with van der Waals surface area (Å²) in [6.07, 6.45) is 4.84. The van der Waals surface area contributed by atoms with Crippen molar-refractivity contribution in [1.82, 2.24) is 0 Å². The molecule has 1 rings (SSSR count). The Morgan fingerprint density at radius 3 is 2.10 bits per heavy atom. The molecule has 4 heteroatoms. The van der Waals surface area contributed by atoms with Gasteiger partial charge < -0.3 is 9.16 Å². The first-order valence-electron chi connectivity index (χ1n) is 8.27. The Morgan fingerprint density at radius 1 is 1.14 bits per heavy atom. The molecule has 0 N–H and O–H groups in total. The Balaban J connectivity index is 2.97. The van der Waals surface area contributed by atoms with Gasteiger partial charge in [-0.1, -0.05) is 41.5 Å². The molecule has 0 aromatic heterocycles. The SMILES string of the molecule is CC(=O)OC1C=C(O[Si](C(C)C)(C(C)C)C(C)C)CCC1. The van der Waals surface area contributed by atoms with Gasteiger partial charge in [-0.15, -0.1) is 0 Å². The molecule has 3 nitrogen and oxygen atoms in total. The smallest absolute Gasteiger partial charge is 0.303 e. The molecule has 1 aliphatic carbocycles. The van der Waals surface area contributed by atoms with Crippen LogP contribution in [0.5, 0.6) is 0 Å². The maximum Gasteiger partial charge on any atom is 0.303 e. The highest BCUT2D eigenvalue weighted by Crippen LogP contribution is 2.44. The Morgan fingerprint density at radius 2 is 1.67 bits per heavy atom. The fraction of sp³-hybridized carbons (Fsp3) is 0.824. The summed E-state index contributed by atoms with van der Waals surface area (Å²) in [4.78, 5) is 11.1. The minimum Gasteiger partial charge on any atom is -0.546 e. The average Bonchev–Trinajstić information content (AvgIpc) is 2.34. The summed E-state index contributed by atoms with van der Waals surface area (Å²) in [7, 11) is -1.89. The zero-order chi connectivity index (χ0) is 16.2. The summed E-state index contributed by atoms with van der Waals surface area (Å²) in [5.41, 5.74) is 1.69. The molecule has 21 heavy (non-hydrogen) atoms. The predicted molar refractivity (Wildman–Crippen MR) is 89.6 cm³/mol. The van der Waals surface area contributed by atoms with Crippen LogP contribution in [0.15, 0.2) is 11.8 Å². The van der Waals surface area contributed by atoms with Crippen LogP contribution < -0.4 is 0 Å². The minimum absolute atomic E-state index is 0.107. The van der Waals surface area contributed by atoms with Gasteiger partial charge in [-0.05, 0) is 35.5 Å². The van der Waals surface area contributed by atoms with Gasteiger partial charge in [0.05, 0.1) is 5.76 Å². The van der Waals surface area contributed by atoms with Gasteiger partial charge in [0, 0.05) is 13.3 Å². The van der Waals surface area contributed by atoms with Crippen molar-refractivity contribution in [2.75, 3.05) is 0 Å². The number of allylic oxidation sites excluding steroid dienone is 1. The van der Waals surface area contributed by atoms with Gasteiger partial charge in [0.15, 0.2) is 0 Å². The fourth-order valence-corrected chi connectivity index (χ4v) is 9.15. The molecule has 0 saturated carbocycles. The lowest BCUT2D eigenvalue weighted by atomic mass is 10.0. The number of ether oxygens (including phenoxy) is 1. The van der Waals surface area contributed by atoms with Crippen molar-refractivity contribution in [2.45, 2.75) is 90.5 Å². The van der Waals surface area contributed by atoms with Crippen molar-refractivity contribution < 1.29 is 14.0 Å². The first-order valence-corrected chi connectivity index (χ1v) is 10.4. The summed E-state index contributed by atoms with van der Waals surface area (Å²) in [5, 5.41) is 0. The van der Waals surface area contributed by atoms with E-state index in [1.165, 1.54) is 6.92 Å². The van der Waals surface area contributed by atoms with E-state index < -0.39 is 8.32 Å². The van der Waals surface area contributed by atoms with E-state index >= 15 is 0 Å². The molecule has 1 aliphatic rings. The lowest BCUT2D eigenvalue weighted by Gasteiger charge is -2.43. The minimum atomic E-state index is -1.89. The standard InChI is InChI=1S/C17H32O3Si/c1-12(2)21(13(3)4,14(5)6)20-17-10-8-9-16(11-17)19-15(7)18/h11-14,16H,8-10H2,1-7H3. The third kappa shape index (κ3) is 4.35. The predicted octanol–water partition coefficient (Wildman–Crippen LogP) is 5.18. The summed E-state index contributed by atoms with van der Waals surface area (Å²) < 4.78 is 12.0. The van der Waals surface area contributed by atoms with Crippen molar-refractivity contribution in [3.63, 3.8) is 0 Å². The number of rotatable bonds is 6. The van der Waals surface area contributed by atoms with Crippen molar-refractivity contribution in [3.8, 4) is 0 Å². The highest BCUT2D eigenvalue weighted by atomic mass is 28.4. The van der Waals surface area contributed by atoms with Crippen LogP contribution in [-0.2, 0) is 14.0 Å². The first-order chi connectivity index (χ1) is 9.70. The van der Waals surface area contributed by atoms with Crippen molar-refractivity contribution in [1.29, 1.82) is 0 Å². The molecular weight excluding hydrogens is 280 g/mol. The first kappa shape index (κ1) is 18.3. The Bertz CT molecular complexity index is 364. The van der Waals surface area contributed by atoms with Crippen LogP contribution in [0.4, 0.5) is 0 Å². The molecular formula is C17H32O3Si.